The zero-order valence-electron chi connectivity index (χ0n) is 13.0. The molecular weight excluding hydrogens is 327 g/mol. The number of amides is 1. The number of nitrogens with zero attached hydrogens (tertiary/aromatic N) is 1. The summed E-state index contributed by atoms with van der Waals surface area (Å²) in [5.74, 6) is -5.00. The Hall–Kier alpha value is -2.25. The molecule has 1 aromatic rings. The van der Waals surface area contributed by atoms with Crippen LogP contribution in [-0.4, -0.2) is 48.3 Å². The maximum absolute atomic E-state index is 12.9. The monoisotopic (exact) mass is 345 g/mol. The van der Waals surface area contributed by atoms with Crippen LogP contribution >= 0.6 is 0 Å². The molecule has 1 N–H and O–H groups in total. The Morgan fingerprint density at radius 1 is 1.33 bits per heavy atom. The zero-order valence-corrected chi connectivity index (χ0v) is 13.0. The molecule has 0 saturated carbocycles. The maximum atomic E-state index is 12.9. The first-order valence-corrected chi connectivity index (χ1v) is 7.42. The van der Waals surface area contributed by atoms with Gasteiger partial charge in [-0.15, -0.1) is 0 Å². The largest absolute Gasteiger partial charge is 0.497 e. The third-order valence-electron chi connectivity index (χ3n) is 4.17. The lowest BCUT2D eigenvalue weighted by molar-refractivity contribution is -0.188. The van der Waals surface area contributed by atoms with Crippen LogP contribution in [0.4, 0.5) is 13.2 Å². The number of halogens is 3. The van der Waals surface area contributed by atoms with Crippen LogP contribution in [0.2, 0.25) is 0 Å². The lowest BCUT2D eigenvalue weighted by atomic mass is 9.96. The van der Waals surface area contributed by atoms with E-state index in [-0.39, 0.29) is 6.42 Å². The predicted molar refractivity (Wildman–Crippen MR) is 78.6 cm³/mol. The molecular formula is C16H18F3NO4. The molecule has 0 aliphatic carbocycles. The number of ether oxygens (including phenoxy) is 1. The number of likely N-dealkylation sites (tertiary alicyclic amines) is 1. The van der Waals surface area contributed by atoms with E-state index in [1.54, 1.807) is 24.3 Å². The van der Waals surface area contributed by atoms with Crippen LogP contribution in [-0.2, 0) is 16.0 Å². The van der Waals surface area contributed by atoms with Crippen molar-refractivity contribution in [2.45, 2.75) is 19.0 Å². The Balaban J connectivity index is 1.98. The summed E-state index contributed by atoms with van der Waals surface area (Å²) in [6.07, 6.45) is -4.27. The Kier molecular flexibility index (Phi) is 5.36. The van der Waals surface area contributed by atoms with Gasteiger partial charge in [0.05, 0.1) is 18.9 Å². The van der Waals surface area contributed by atoms with Crippen molar-refractivity contribution in [2.75, 3.05) is 20.2 Å². The lowest BCUT2D eigenvalue weighted by Crippen LogP contribution is -2.34. The number of hydrogen-bond acceptors (Lipinski definition) is 3. The molecule has 1 saturated heterocycles. The number of hydrogen-bond donors (Lipinski definition) is 1. The minimum atomic E-state index is -4.63. The molecule has 2 atom stereocenters. The quantitative estimate of drug-likeness (QED) is 0.890. The molecule has 0 spiro atoms. The van der Waals surface area contributed by atoms with Crippen LogP contribution in [0.15, 0.2) is 24.3 Å². The highest BCUT2D eigenvalue weighted by atomic mass is 19.4. The SMILES string of the molecule is COc1cccc(CCC(=O)N2C[C@@H](C(F)(F)F)[C@H](C(=O)O)C2)c1. The van der Waals surface area contributed by atoms with Gasteiger partial charge < -0.3 is 14.7 Å². The summed E-state index contributed by atoms with van der Waals surface area (Å²) in [7, 11) is 1.51. The average Bonchev–Trinajstić information content (AvgIpc) is 2.98. The van der Waals surface area contributed by atoms with Gasteiger partial charge in [-0.25, -0.2) is 0 Å². The Bertz CT molecular complexity index is 618. The number of carboxylic acids is 1. The van der Waals surface area contributed by atoms with Crippen molar-refractivity contribution in [1.82, 2.24) is 4.90 Å². The first kappa shape index (κ1) is 18.1. The molecule has 1 aliphatic rings. The molecule has 24 heavy (non-hydrogen) atoms. The van der Waals surface area contributed by atoms with E-state index in [4.69, 9.17) is 9.84 Å². The van der Waals surface area contributed by atoms with Crippen LogP contribution in [0.5, 0.6) is 5.75 Å². The van der Waals surface area contributed by atoms with Gasteiger partial charge in [0.15, 0.2) is 0 Å². The Morgan fingerprint density at radius 2 is 2.04 bits per heavy atom. The number of methoxy groups -OCH3 is 1. The van der Waals surface area contributed by atoms with Crippen molar-refractivity contribution in [1.29, 1.82) is 0 Å². The van der Waals surface area contributed by atoms with Crippen LogP contribution in [0.25, 0.3) is 0 Å². The molecule has 1 heterocycles. The molecule has 132 valence electrons. The van der Waals surface area contributed by atoms with E-state index in [9.17, 15) is 22.8 Å². The maximum Gasteiger partial charge on any atom is 0.394 e. The third kappa shape index (κ3) is 4.18. The van der Waals surface area contributed by atoms with E-state index in [1.807, 2.05) is 0 Å². The summed E-state index contributed by atoms with van der Waals surface area (Å²) in [5.41, 5.74) is 0.823. The average molecular weight is 345 g/mol. The molecule has 5 nitrogen and oxygen atoms in total. The minimum absolute atomic E-state index is 0.0179. The number of benzene rings is 1. The van der Waals surface area contributed by atoms with Crippen molar-refractivity contribution in [3.05, 3.63) is 29.8 Å². The molecule has 2 rings (SSSR count). The van der Waals surface area contributed by atoms with Gasteiger partial charge in [0.1, 0.15) is 5.75 Å². The van der Waals surface area contributed by atoms with E-state index in [2.05, 4.69) is 0 Å². The van der Waals surface area contributed by atoms with E-state index in [0.29, 0.717) is 12.2 Å². The molecule has 1 fully saturated rings. The van der Waals surface area contributed by atoms with Crippen LogP contribution < -0.4 is 4.74 Å². The summed E-state index contributed by atoms with van der Waals surface area (Å²) in [4.78, 5) is 24.2. The van der Waals surface area contributed by atoms with Crippen molar-refractivity contribution in [3.8, 4) is 5.75 Å². The molecule has 1 aromatic carbocycles. The normalized spacial score (nSPS) is 20.9. The highest BCUT2D eigenvalue weighted by Crippen LogP contribution is 2.37. The number of alkyl halides is 3. The Morgan fingerprint density at radius 3 is 2.58 bits per heavy atom. The zero-order chi connectivity index (χ0) is 17.9. The van der Waals surface area contributed by atoms with Crippen molar-refractivity contribution in [2.24, 2.45) is 11.8 Å². The van der Waals surface area contributed by atoms with Gasteiger partial charge in [0, 0.05) is 19.5 Å². The van der Waals surface area contributed by atoms with Gasteiger partial charge in [0.25, 0.3) is 0 Å². The number of carboxylic acid groups (broad SMARTS) is 1. The summed E-state index contributed by atoms with van der Waals surface area (Å²) in [6.45, 7) is -1.01. The second kappa shape index (κ2) is 7.11. The fraction of sp³-hybridized carbons (Fsp3) is 0.500. The Labute approximate surface area is 137 Å². The first-order chi connectivity index (χ1) is 11.2. The molecule has 8 heteroatoms. The minimum Gasteiger partial charge on any atom is -0.497 e. The molecule has 1 amide bonds. The van der Waals surface area contributed by atoms with Gasteiger partial charge in [-0.2, -0.15) is 13.2 Å². The molecule has 0 unspecified atom stereocenters. The van der Waals surface area contributed by atoms with Gasteiger partial charge in [0.2, 0.25) is 5.91 Å². The summed E-state index contributed by atoms with van der Waals surface area (Å²) in [6, 6.07) is 7.04. The van der Waals surface area contributed by atoms with E-state index >= 15 is 0 Å². The fourth-order valence-corrected chi connectivity index (χ4v) is 2.83. The van der Waals surface area contributed by atoms with E-state index in [0.717, 1.165) is 10.5 Å². The second-order valence-electron chi connectivity index (χ2n) is 5.74. The van der Waals surface area contributed by atoms with Crippen LogP contribution in [0, 0.1) is 11.8 Å². The topological polar surface area (TPSA) is 66.8 Å². The molecule has 1 aliphatic heterocycles. The number of rotatable bonds is 5. The predicted octanol–water partition coefficient (Wildman–Crippen LogP) is 2.35. The van der Waals surface area contributed by atoms with Crippen molar-refractivity contribution >= 4 is 11.9 Å². The van der Waals surface area contributed by atoms with E-state index < -0.39 is 43.0 Å². The van der Waals surface area contributed by atoms with Crippen molar-refractivity contribution in [3.63, 3.8) is 0 Å². The smallest absolute Gasteiger partial charge is 0.394 e. The van der Waals surface area contributed by atoms with Crippen molar-refractivity contribution < 1.29 is 32.6 Å². The summed E-state index contributed by atoms with van der Waals surface area (Å²) < 4.78 is 43.8. The summed E-state index contributed by atoms with van der Waals surface area (Å²) in [5, 5.41) is 8.96. The highest BCUT2D eigenvalue weighted by molar-refractivity contribution is 5.79. The number of carbonyl (C=O) groups is 2. The van der Waals surface area contributed by atoms with Gasteiger partial charge in [-0.1, -0.05) is 12.1 Å². The van der Waals surface area contributed by atoms with Gasteiger partial charge in [-0.05, 0) is 24.1 Å². The highest BCUT2D eigenvalue weighted by Gasteiger charge is 2.53. The van der Waals surface area contributed by atoms with Gasteiger partial charge in [-0.3, -0.25) is 9.59 Å². The number of aliphatic carboxylic acids is 1. The van der Waals surface area contributed by atoms with E-state index in [1.165, 1.54) is 7.11 Å². The number of aryl methyl sites for hydroxylation is 1. The lowest BCUT2D eigenvalue weighted by Gasteiger charge is -2.18. The van der Waals surface area contributed by atoms with Crippen LogP contribution in [0.3, 0.4) is 0 Å². The molecule has 0 bridgehead atoms. The van der Waals surface area contributed by atoms with Crippen LogP contribution in [0.1, 0.15) is 12.0 Å². The second-order valence-corrected chi connectivity index (χ2v) is 5.74. The standard InChI is InChI=1S/C16H18F3NO4/c1-24-11-4-2-3-10(7-11)5-6-14(21)20-8-12(15(22)23)13(9-20)16(17,18)19/h2-4,7,12-13H,5-6,8-9H2,1H3,(H,22,23)/t12-,13-/m1/s1. The molecule has 0 aromatic heterocycles. The first-order valence-electron chi connectivity index (χ1n) is 7.42. The summed E-state index contributed by atoms with van der Waals surface area (Å²) >= 11 is 0. The van der Waals surface area contributed by atoms with Gasteiger partial charge >= 0.3 is 12.1 Å². The fourth-order valence-electron chi connectivity index (χ4n) is 2.83. The third-order valence-corrected chi connectivity index (χ3v) is 4.17. The molecule has 0 radical (unpaired) electrons. The number of carbonyl (C=O) groups excluding carboxylic acids is 1.